The number of fused-ring (bicyclic) bond motifs is 2. The molecule has 3 rings (SSSR count). The molecule has 9 heteroatoms. The Labute approximate surface area is 122 Å². The van der Waals surface area contributed by atoms with Gasteiger partial charge in [-0.1, -0.05) is 0 Å². The van der Waals surface area contributed by atoms with Gasteiger partial charge in [-0.15, -0.1) is 0 Å². The summed E-state index contributed by atoms with van der Waals surface area (Å²) in [6.07, 6.45) is 2.87. The van der Waals surface area contributed by atoms with E-state index in [-0.39, 0.29) is 22.3 Å². The van der Waals surface area contributed by atoms with E-state index < -0.39 is 14.9 Å². The first-order valence-electron chi connectivity index (χ1n) is 6.70. The SMILES string of the molecule is NNc1cc(S(=O)(=O)N2CC3CCC2C3)ccc1[N+](=O)[O-]. The van der Waals surface area contributed by atoms with E-state index in [2.05, 4.69) is 5.43 Å². The lowest BCUT2D eigenvalue weighted by Gasteiger charge is -2.26. The molecule has 2 atom stereocenters. The van der Waals surface area contributed by atoms with Gasteiger partial charge in [-0.3, -0.25) is 16.0 Å². The van der Waals surface area contributed by atoms with Crippen LogP contribution >= 0.6 is 0 Å². The van der Waals surface area contributed by atoms with Crippen LogP contribution in [0.5, 0.6) is 0 Å². The van der Waals surface area contributed by atoms with Crippen molar-refractivity contribution in [2.24, 2.45) is 11.8 Å². The Kier molecular flexibility index (Phi) is 3.34. The summed E-state index contributed by atoms with van der Waals surface area (Å²) in [7, 11) is -3.63. The van der Waals surface area contributed by atoms with E-state index in [1.54, 1.807) is 0 Å². The molecular formula is C12H16N4O4S. The van der Waals surface area contributed by atoms with Gasteiger partial charge in [0.25, 0.3) is 5.69 Å². The average Bonchev–Trinajstić information content (AvgIpc) is 3.09. The van der Waals surface area contributed by atoms with Gasteiger partial charge >= 0.3 is 0 Å². The number of nitrogens with one attached hydrogen (secondary N) is 1. The average molecular weight is 312 g/mol. The number of benzene rings is 1. The van der Waals surface area contributed by atoms with E-state index in [9.17, 15) is 18.5 Å². The maximum Gasteiger partial charge on any atom is 0.293 e. The lowest BCUT2D eigenvalue weighted by atomic mass is 10.1. The van der Waals surface area contributed by atoms with Crippen molar-refractivity contribution in [2.75, 3.05) is 12.0 Å². The molecule has 0 spiro atoms. The van der Waals surface area contributed by atoms with Crippen LogP contribution in [0.25, 0.3) is 0 Å². The molecule has 1 heterocycles. The highest BCUT2D eigenvalue weighted by atomic mass is 32.2. The minimum absolute atomic E-state index is 0.00886. The van der Waals surface area contributed by atoms with Crippen molar-refractivity contribution in [1.82, 2.24) is 4.31 Å². The first-order chi connectivity index (χ1) is 9.93. The number of sulfonamides is 1. The Balaban J connectivity index is 1.98. The molecule has 1 aromatic rings. The first kappa shape index (κ1) is 14.2. The van der Waals surface area contributed by atoms with Crippen LogP contribution in [0.2, 0.25) is 0 Å². The molecule has 2 unspecified atom stereocenters. The Morgan fingerprint density at radius 1 is 1.38 bits per heavy atom. The molecule has 21 heavy (non-hydrogen) atoms. The Hall–Kier alpha value is -1.71. The summed E-state index contributed by atoms with van der Waals surface area (Å²) in [6, 6.07) is 3.71. The summed E-state index contributed by atoms with van der Waals surface area (Å²) in [4.78, 5) is 10.3. The molecule has 0 amide bonds. The highest BCUT2D eigenvalue weighted by Crippen LogP contribution is 2.41. The van der Waals surface area contributed by atoms with Gasteiger partial charge in [0, 0.05) is 18.7 Å². The van der Waals surface area contributed by atoms with Crippen LogP contribution in [-0.2, 0) is 10.0 Å². The normalized spacial score (nSPS) is 25.2. The topological polar surface area (TPSA) is 119 Å². The van der Waals surface area contributed by atoms with Crippen LogP contribution < -0.4 is 11.3 Å². The molecule has 2 aliphatic rings. The van der Waals surface area contributed by atoms with Gasteiger partial charge in [-0.05, 0) is 37.3 Å². The van der Waals surface area contributed by atoms with Gasteiger partial charge < -0.3 is 5.43 Å². The predicted octanol–water partition coefficient (Wildman–Crippen LogP) is 1.05. The van der Waals surface area contributed by atoms with Gasteiger partial charge in [0.2, 0.25) is 10.0 Å². The van der Waals surface area contributed by atoms with Crippen molar-refractivity contribution in [3.8, 4) is 0 Å². The largest absolute Gasteiger partial charge is 0.318 e. The van der Waals surface area contributed by atoms with Gasteiger partial charge in [0.05, 0.1) is 9.82 Å². The molecule has 8 nitrogen and oxygen atoms in total. The van der Waals surface area contributed by atoms with E-state index in [0.29, 0.717) is 12.5 Å². The Bertz CT molecular complexity index is 690. The van der Waals surface area contributed by atoms with Crippen LogP contribution in [0.15, 0.2) is 23.1 Å². The zero-order valence-electron chi connectivity index (χ0n) is 11.2. The number of hydrogen-bond acceptors (Lipinski definition) is 6. The zero-order valence-corrected chi connectivity index (χ0v) is 12.0. The van der Waals surface area contributed by atoms with Crippen LogP contribution in [0.4, 0.5) is 11.4 Å². The lowest BCUT2D eigenvalue weighted by Crippen LogP contribution is -2.37. The van der Waals surface area contributed by atoms with Crippen LogP contribution in [0.3, 0.4) is 0 Å². The van der Waals surface area contributed by atoms with E-state index in [4.69, 9.17) is 5.84 Å². The fourth-order valence-corrected chi connectivity index (χ4v) is 5.03. The summed E-state index contributed by atoms with van der Waals surface area (Å²) in [5, 5.41) is 10.9. The molecule has 1 aliphatic carbocycles. The lowest BCUT2D eigenvalue weighted by molar-refractivity contribution is -0.384. The zero-order chi connectivity index (χ0) is 15.2. The van der Waals surface area contributed by atoms with Crippen LogP contribution in [-0.4, -0.2) is 30.2 Å². The minimum Gasteiger partial charge on any atom is -0.318 e. The quantitative estimate of drug-likeness (QED) is 0.487. The number of rotatable bonds is 4. The highest BCUT2D eigenvalue weighted by molar-refractivity contribution is 7.89. The third kappa shape index (κ3) is 2.27. The second-order valence-corrected chi connectivity index (χ2v) is 7.38. The van der Waals surface area contributed by atoms with Gasteiger partial charge in [-0.25, -0.2) is 8.42 Å². The number of nitro groups is 1. The Morgan fingerprint density at radius 2 is 2.14 bits per heavy atom. The molecule has 1 saturated heterocycles. The van der Waals surface area contributed by atoms with Gasteiger partial charge in [-0.2, -0.15) is 4.31 Å². The second kappa shape index (κ2) is 4.93. The third-order valence-corrected chi connectivity index (χ3v) is 6.20. The van der Waals surface area contributed by atoms with E-state index >= 15 is 0 Å². The molecule has 2 bridgehead atoms. The van der Waals surface area contributed by atoms with Crippen LogP contribution in [0, 0.1) is 16.0 Å². The molecule has 0 aromatic heterocycles. The minimum atomic E-state index is -3.63. The fraction of sp³-hybridized carbons (Fsp3) is 0.500. The molecule has 3 N–H and O–H groups in total. The first-order valence-corrected chi connectivity index (χ1v) is 8.14. The molecule has 0 radical (unpaired) electrons. The summed E-state index contributed by atoms with van der Waals surface area (Å²) in [5.41, 5.74) is 1.93. The maximum absolute atomic E-state index is 12.7. The monoisotopic (exact) mass is 312 g/mol. The molecule has 1 aromatic carbocycles. The smallest absolute Gasteiger partial charge is 0.293 e. The maximum atomic E-state index is 12.7. The van der Waals surface area contributed by atoms with Gasteiger partial charge in [0.1, 0.15) is 5.69 Å². The molecule has 114 valence electrons. The second-order valence-electron chi connectivity index (χ2n) is 5.49. The summed E-state index contributed by atoms with van der Waals surface area (Å²) in [6.45, 7) is 0.537. The summed E-state index contributed by atoms with van der Waals surface area (Å²) < 4.78 is 26.8. The van der Waals surface area contributed by atoms with Gasteiger partial charge in [0.15, 0.2) is 0 Å². The number of nitrogen functional groups attached to an aromatic ring is 1. The van der Waals surface area contributed by atoms with E-state index in [1.165, 1.54) is 16.4 Å². The number of anilines is 1. The third-order valence-electron chi connectivity index (χ3n) is 4.29. The fourth-order valence-electron chi connectivity index (χ4n) is 3.26. The van der Waals surface area contributed by atoms with E-state index in [0.717, 1.165) is 25.3 Å². The van der Waals surface area contributed by atoms with Crippen molar-refractivity contribution in [3.05, 3.63) is 28.3 Å². The molecule has 1 saturated carbocycles. The number of hydrazine groups is 1. The molecule has 1 aliphatic heterocycles. The molecule has 2 fully saturated rings. The number of nitro benzene ring substituents is 1. The number of nitrogens with zero attached hydrogens (tertiary/aromatic N) is 2. The number of piperidine rings is 1. The summed E-state index contributed by atoms with van der Waals surface area (Å²) in [5.74, 6) is 5.69. The molecular weight excluding hydrogens is 296 g/mol. The predicted molar refractivity (Wildman–Crippen MR) is 75.9 cm³/mol. The highest BCUT2D eigenvalue weighted by Gasteiger charge is 2.44. The van der Waals surface area contributed by atoms with Crippen molar-refractivity contribution in [2.45, 2.75) is 30.2 Å². The summed E-state index contributed by atoms with van der Waals surface area (Å²) >= 11 is 0. The number of nitrogens with two attached hydrogens (primary N) is 1. The number of hydrogen-bond donors (Lipinski definition) is 2. The van der Waals surface area contributed by atoms with Crippen molar-refractivity contribution in [3.63, 3.8) is 0 Å². The standard InChI is InChI=1S/C12H16N4O4S/c13-14-11-6-10(3-4-12(11)16(17)18)21(19,20)15-7-8-1-2-9(15)5-8/h3-4,6,8-9,14H,1-2,5,7,13H2. The van der Waals surface area contributed by atoms with Crippen molar-refractivity contribution < 1.29 is 13.3 Å². The van der Waals surface area contributed by atoms with Crippen molar-refractivity contribution >= 4 is 21.4 Å². The Morgan fingerprint density at radius 3 is 2.67 bits per heavy atom. The van der Waals surface area contributed by atoms with Crippen molar-refractivity contribution in [1.29, 1.82) is 0 Å². The van der Waals surface area contributed by atoms with E-state index in [1.807, 2.05) is 0 Å². The van der Waals surface area contributed by atoms with Crippen LogP contribution in [0.1, 0.15) is 19.3 Å².